The summed E-state index contributed by atoms with van der Waals surface area (Å²) in [5.74, 6) is 1.90. The number of rotatable bonds is 4. The Bertz CT molecular complexity index is 414. The Morgan fingerprint density at radius 1 is 1.20 bits per heavy atom. The number of nitrogens with zero attached hydrogens (tertiary/aromatic N) is 2. The first-order valence-corrected chi connectivity index (χ1v) is 5.37. The molecule has 0 aliphatic heterocycles. The van der Waals surface area contributed by atoms with Crippen LogP contribution in [0.3, 0.4) is 0 Å². The van der Waals surface area contributed by atoms with Crippen LogP contribution in [0.25, 0.3) is 11.4 Å². The third kappa shape index (κ3) is 2.57. The number of aryl methyl sites for hydroxylation is 1. The third-order valence-electron chi connectivity index (χ3n) is 2.02. The van der Waals surface area contributed by atoms with Gasteiger partial charge in [0.25, 0.3) is 0 Å². The van der Waals surface area contributed by atoms with E-state index in [2.05, 4.69) is 10.1 Å². The van der Waals surface area contributed by atoms with Crippen LogP contribution in [0.1, 0.15) is 12.3 Å². The summed E-state index contributed by atoms with van der Waals surface area (Å²) in [6, 6.07) is 9.76. The van der Waals surface area contributed by atoms with Gasteiger partial charge >= 0.3 is 0 Å². The summed E-state index contributed by atoms with van der Waals surface area (Å²) in [5, 5.41) is 3.91. The van der Waals surface area contributed by atoms with Crippen molar-refractivity contribution in [2.24, 2.45) is 0 Å². The lowest BCUT2D eigenvalue weighted by Crippen LogP contribution is -1.86. The molecule has 0 bridgehead atoms. The van der Waals surface area contributed by atoms with E-state index in [1.165, 1.54) is 0 Å². The summed E-state index contributed by atoms with van der Waals surface area (Å²) in [7, 11) is 0. The van der Waals surface area contributed by atoms with Gasteiger partial charge in [-0.15, -0.1) is 11.6 Å². The van der Waals surface area contributed by atoms with Crippen molar-refractivity contribution in [1.29, 1.82) is 0 Å². The molecule has 2 rings (SSSR count). The quantitative estimate of drug-likeness (QED) is 0.747. The summed E-state index contributed by atoms with van der Waals surface area (Å²) in [5.41, 5.74) is 0.971. The average Bonchev–Trinajstić information content (AvgIpc) is 2.76. The van der Waals surface area contributed by atoms with Crippen molar-refractivity contribution in [1.82, 2.24) is 10.1 Å². The minimum absolute atomic E-state index is 0.614. The van der Waals surface area contributed by atoms with Crippen LogP contribution in [0.2, 0.25) is 0 Å². The maximum absolute atomic E-state index is 5.59. The monoisotopic (exact) mass is 222 g/mol. The highest BCUT2D eigenvalue weighted by molar-refractivity contribution is 6.17. The standard InChI is InChI=1S/C11H11ClN2O/c12-8-4-7-10-13-11(14-15-10)9-5-2-1-3-6-9/h1-3,5-6H,4,7-8H2. The van der Waals surface area contributed by atoms with Crippen LogP contribution < -0.4 is 0 Å². The predicted molar refractivity (Wildman–Crippen MR) is 58.8 cm³/mol. The molecule has 15 heavy (non-hydrogen) atoms. The Hall–Kier alpha value is -1.35. The van der Waals surface area contributed by atoms with Crippen molar-refractivity contribution in [3.8, 4) is 11.4 Å². The predicted octanol–water partition coefficient (Wildman–Crippen LogP) is 2.91. The molecule has 2 aromatic rings. The van der Waals surface area contributed by atoms with Crippen LogP contribution in [0.4, 0.5) is 0 Å². The second kappa shape index (κ2) is 4.94. The van der Waals surface area contributed by atoms with E-state index in [-0.39, 0.29) is 0 Å². The van der Waals surface area contributed by atoms with Gasteiger partial charge in [0, 0.05) is 17.9 Å². The molecule has 0 saturated carbocycles. The first kappa shape index (κ1) is 10.2. The molecule has 1 heterocycles. The maximum atomic E-state index is 5.59. The Kier molecular flexibility index (Phi) is 3.35. The van der Waals surface area contributed by atoms with Gasteiger partial charge in [-0.1, -0.05) is 35.5 Å². The summed E-state index contributed by atoms with van der Waals surface area (Å²) in [6.45, 7) is 0. The summed E-state index contributed by atoms with van der Waals surface area (Å²) in [6.07, 6.45) is 1.60. The van der Waals surface area contributed by atoms with Gasteiger partial charge in [-0.3, -0.25) is 0 Å². The fourth-order valence-electron chi connectivity index (χ4n) is 1.28. The van der Waals surface area contributed by atoms with Crippen molar-refractivity contribution in [3.63, 3.8) is 0 Å². The zero-order chi connectivity index (χ0) is 10.5. The minimum atomic E-state index is 0.614. The summed E-state index contributed by atoms with van der Waals surface area (Å²) in [4.78, 5) is 4.28. The molecule has 0 aliphatic rings. The first-order valence-electron chi connectivity index (χ1n) is 4.84. The number of aromatic nitrogens is 2. The smallest absolute Gasteiger partial charge is 0.227 e. The Morgan fingerprint density at radius 2 is 2.00 bits per heavy atom. The van der Waals surface area contributed by atoms with Crippen LogP contribution in [0.15, 0.2) is 34.9 Å². The molecule has 4 heteroatoms. The van der Waals surface area contributed by atoms with Crippen molar-refractivity contribution >= 4 is 11.6 Å². The van der Waals surface area contributed by atoms with Gasteiger partial charge < -0.3 is 4.52 Å². The van der Waals surface area contributed by atoms with Gasteiger partial charge in [0.2, 0.25) is 11.7 Å². The van der Waals surface area contributed by atoms with E-state index >= 15 is 0 Å². The molecule has 1 aromatic heterocycles. The lowest BCUT2D eigenvalue weighted by molar-refractivity contribution is 0.378. The number of benzene rings is 1. The molecule has 3 nitrogen and oxygen atoms in total. The molecule has 0 spiro atoms. The first-order chi connectivity index (χ1) is 7.40. The molecule has 0 saturated heterocycles. The molecule has 0 amide bonds. The Labute approximate surface area is 93.1 Å². The lowest BCUT2D eigenvalue weighted by Gasteiger charge is -1.90. The molecule has 0 N–H and O–H groups in total. The Balaban J connectivity index is 2.14. The van der Waals surface area contributed by atoms with Crippen molar-refractivity contribution in [3.05, 3.63) is 36.2 Å². The summed E-state index contributed by atoms with van der Waals surface area (Å²) >= 11 is 5.59. The molecular weight excluding hydrogens is 212 g/mol. The highest BCUT2D eigenvalue weighted by atomic mass is 35.5. The molecule has 0 atom stereocenters. The zero-order valence-electron chi connectivity index (χ0n) is 8.19. The topological polar surface area (TPSA) is 38.9 Å². The molecule has 0 radical (unpaired) electrons. The molecular formula is C11H11ClN2O. The van der Waals surface area contributed by atoms with Crippen LogP contribution in [-0.4, -0.2) is 16.0 Å². The normalized spacial score (nSPS) is 10.5. The van der Waals surface area contributed by atoms with E-state index in [0.717, 1.165) is 18.4 Å². The fourth-order valence-corrected chi connectivity index (χ4v) is 1.41. The Morgan fingerprint density at radius 3 is 2.73 bits per heavy atom. The van der Waals surface area contributed by atoms with Crippen LogP contribution in [-0.2, 0) is 6.42 Å². The number of halogens is 1. The van der Waals surface area contributed by atoms with Crippen molar-refractivity contribution < 1.29 is 4.52 Å². The van der Waals surface area contributed by atoms with Gasteiger partial charge in [-0.2, -0.15) is 4.98 Å². The SMILES string of the molecule is ClCCCc1nc(-c2ccccc2)no1. The number of hydrogen-bond acceptors (Lipinski definition) is 3. The summed E-state index contributed by atoms with van der Waals surface area (Å²) < 4.78 is 5.10. The maximum Gasteiger partial charge on any atom is 0.227 e. The highest BCUT2D eigenvalue weighted by Gasteiger charge is 2.06. The van der Waals surface area contributed by atoms with Gasteiger partial charge in [-0.05, 0) is 6.42 Å². The molecule has 1 aromatic carbocycles. The van der Waals surface area contributed by atoms with Gasteiger partial charge in [0.05, 0.1) is 0 Å². The average molecular weight is 223 g/mol. The van der Waals surface area contributed by atoms with E-state index in [1.54, 1.807) is 0 Å². The molecule has 0 fully saturated rings. The van der Waals surface area contributed by atoms with Gasteiger partial charge in [-0.25, -0.2) is 0 Å². The van der Waals surface area contributed by atoms with E-state index in [4.69, 9.17) is 16.1 Å². The van der Waals surface area contributed by atoms with Crippen LogP contribution >= 0.6 is 11.6 Å². The second-order valence-electron chi connectivity index (χ2n) is 3.17. The zero-order valence-corrected chi connectivity index (χ0v) is 8.94. The molecule has 0 unspecified atom stereocenters. The minimum Gasteiger partial charge on any atom is -0.339 e. The second-order valence-corrected chi connectivity index (χ2v) is 3.55. The number of alkyl halides is 1. The van der Waals surface area contributed by atoms with E-state index in [0.29, 0.717) is 17.6 Å². The largest absolute Gasteiger partial charge is 0.339 e. The van der Waals surface area contributed by atoms with Crippen molar-refractivity contribution in [2.45, 2.75) is 12.8 Å². The van der Waals surface area contributed by atoms with Crippen LogP contribution in [0.5, 0.6) is 0 Å². The van der Waals surface area contributed by atoms with Crippen molar-refractivity contribution in [2.75, 3.05) is 5.88 Å². The number of hydrogen-bond donors (Lipinski definition) is 0. The van der Waals surface area contributed by atoms with E-state index < -0.39 is 0 Å². The lowest BCUT2D eigenvalue weighted by atomic mass is 10.2. The van der Waals surface area contributed by atoms with E-state index in [9.17, 15) is 0 Å². The molecule has 0 aliphatic carbocycles. The van der Waals surface area contributed by atoms with E-state index in [1.807, 2.05) is 30.3 Å². The fraction of sp³-hybridized carbons (Fsp3) is 0.273. The van der Waals surface area contributed by atoms with Gasteiger partial charge in [0.1, 0.15) is 0 Å². The highest BCUT2D eigenvalue weighted by Crippen LogP contribution is 2.15. The molecule has 78 valence electrons. The van der Waals surface area contributed by atoms with Crippen LogP contribution in [0, 0.1) is 0 Å². The third-order valence-corrected chi connectivity index (χ3v) is 2.29. The van der Waals surface area contributed by atoms with Gasteiger partial charge in [0.15, 0.2) is 0 Å².